The van der Waals surface area contributed by atoms with Crippen LogP contribution in [-0.4, -0.2) is 10.9 Å². The van der Waals surface area contributed by atoms with Crippen LogP contribution in [0.1, 0.15) is 12.5 Å². The average molecular weight is 285 g/mol. The zero-order valence-electron chi connectivity index (χ0n) is 11.2. The summed E-state index contributed by atoms with van der Waals surface area (Å²) >= 11 is 0. The number of nitrogens with zero attached hydrogens (tertiary/aromatic N) is 1. The van der Waals surface area contributed by atoms with Crippen molar-refractivity contribution in [2.24, 2.45) is 0 Å². The summed E-state index contributed by atoms with van der Waals surface area (Å²) in [5.74, 6) is -0.485. The van der Waals surface area contributed by atoms with Gasteiger partial charge in [0, 0.05) is 17.7 Å². The van der Waals surface area contributed by atoms with E-state index in [4.69, 9.17) is 9.15 Å². The molecule has 0 aliphatic rings. The number of fused-ring (bicyclic) bond motifs is 3. The number of nitro benzene ring substituents is 1. The first kappa shape index (κ1) is 13.1. The molecule has 0 radical (unpaired) electrons. The Morgan fingerprint density at radius 3 is 2.71 bits per heavy atom. The molecular weight excluding hydrogens is 274 g/mol. The smallest absolute Gasteiger partial charge is 0.302 e. The molecule has 6 nitrogen and oxygen atoms in total. The number of carbonyl (C=O) groups excluding carboxylic acids is 1. The van der Waals surface area contributed by atoms with Crippen LogP contribution < -0.4 is 0 Å². The molecule has 0 bridgehead atoms. The number of rotatable bonds is 3. The van der Waals surface area contributed by atoms with E-state index in [1.165, 1.54) is 13.0 Å². The molecule has 0 N–H and O–H groups in total. The fourth-order valence-electron chi connectivity index (χ4n) is 2.27. The van der Waals surface area contributed by atoms with Crippen molar-refractivity contribution in [1.29, 1.82) is 0 Å². The van der Waals surface area contributed by atoms with E-state index < -0.39 is 10.9 Å². The number of furan rings is 1. The van der Waals surface area contributed by atoms with E-state index in [1.807, 2.05) is 18.2 Å². The average Bonchev–Trinajstić information content (AvgIpc) is 2.81. The summed E-state index contributed by atoms with van der Waals surface area (Å²) in [6.07, 6.45) is 0. The number of hydrogen-bond acceptors (Lipinski definition) is 5. The van der Waals surface area contributed by atoms with Crippen molar-refractivity contribution >= 4 is 33.6 Å². The lowest BCUT2D eigenvalue weighted by atomic mass is 10.1. The maximum absolute atomic E-state index is 11.1. The fourth-order valence-corrected chi connectivity index (χ4v) is 2.27. The Hall–Kier alpha value is -2.89. The van der Waals surface area contributed by atoms with Gasteiger partial charge >= 0.3 is 5.97 Å². The Balaban J connectivity index is 2.23. The van der Waals surface area contributed by atoms with Crippen molar-refractivity contribution in [2.75, 3.05) is 0 Å². The van der Waals surface area contributed by atoms with E-state index in [1.54, 1.807) is 12.1 Å². The van der Waals surface area contributed by atoms with Crippen molar-refractivity contribution < 1.29 is 18.9 Å². The summed E-state index contributed by atoms with van der Waals surface area (Å²) in [7, 11) is 0. The van der Waals surface area contributed by atoms with Crippen molar-refractivity contribution in [3.8, 4) is 0 Å². The third-order valence-electron chi connectivity index (χ3n) is 3.21. The summed E-state index contributed by atoms with van der Waals surface area (Å²) in [6, 6.07) is 10.4. The number of nitro groups is 1. The minimum atomic E-state index is -0.508. The van der Waals surface area contributed by atoms with Crippen LogP contribution in [0.15, 0.2) is 40.8 Å². The van der Waals surface area contributed by atoms with Crippen LogP contribution >= 0.6 is 0 Å². The predicted molar refractivity (Wildman–Crippen MR) is 75.8 cm³/mol. The molecule has 1 aromatic heterocycles. The molecule has 0 spiro atoms. The quantitative estimate of drug-likeness (QED) is 0.417. The summed E-state index contributed by atoms with van der Waals surface area (Å²) in [5, 5.41) is 12.8. The van der Waals surface area contributed by atoms with E-state index in [-0.39, 0.29) is 12.3 Å². The molecule has 0 aliphatic carbocycles. The van der Waals surface area contributed by atoms with Crippen LogP contribution in [0.2, 0.25) is 0 Å². The Morgan fingerprint density at radius 1 is 1.24 bits per heavy atom. The van der Waals surface area contributed by atoms with Gasteiger partial charge in [-0.25, -0.2) is 0 Å². The maximum atomic E-state index is 11.1. The summed E-state index contributed by atoms with van der Waals surface area (Å²) < 4.78 is 10.5. The number of esters is 1. The lowest BCUT2D eigenvalue weighted by Crippen LogP contribution is -2.02. The molecule has 0 atom stereocenters. The summed E-state index contributed by atoms with van der Waals surface area (Å²) in [6.45, 7) is 1.12. The van der Waals surface area contributed by atoms with Crippen molar-refractivity contribution in [1.82, 2.24) is 0 Å². The third kappa shape index (κ3) is 2.31. The molecule has 0 saturated carbocycles. The van der Waals surface area contributed by atoms with Crippen LogP contribution in [0.5, 0.6) is 0 Å². The zero-order chi connectivity index (χ0) is 15.0. The standard InChI is InChI=1S/C15H11NO5/c1-9(17)20-8-10-6-12-11-4-2-3-5-14(11)21-15(12)7-13(10)16(18)19/h2-7H,8H2,1H3. The molecule has 3 rings (SSSR count). The van der Waals surface area contributed by atoms with Crippen LogP contribution in [0, 0.1) is 10.1 Å². The molecule has 0 fully saturated rings. The second-order valence-corrected chi connectivity index (χ2v) is 4.61. The molecule has 0 amide bonds. The summed E-state index contributed by atoms with van der Waals surface area (Å²) in [4.78, 5) is 21.6. The highest BCUT2D eigenvalue weighted by Gasteiger charge is 2.19. The third-order valence-corrected chi connectivity index (χ3v) is 3.21. The van der Waals surface area contributed by atoms with Gasteiger partial charge in [0.1, 0.15) is 17.8 Å². The van der Waals surface area contributed by atoms with Crippen LogP contribution in [0.3, 0.4) is 0 Å². The van der Waals surface area contributed by atoms with Gasteiger partial charge in [-0.15, -0.1) is 0 Å². The molecule has 2 aromatic carbocycles. The van der Waals surface area contributed by atoms with Gasteiger partial charge in [-0.2, -0.15) is 0 Å². The molecule has 21 heavy (non-hydrogen) atoms. The minimum absolute atomic E-state index is 0.122. The van der Waals surface area contributed by atoms with Crippen LogP contribution in [0.25, 0.3) is 21.9 Å². The Bertz CT molecular complexity index is 865. The molecular formula is C15H11NO5. The monoisotopic (exact) mass is 285 g/mol. The second kappa shape index (κ2) is 4.90. The van der Waals surface area contributed by atoms with Gasteiger partial charge < -0.3 is 9.15 Å². The minimum Gasteiger partial charge on any atom is -0.461 e. The van der Waals surface area contributed by atoms with Gasteiger partial charge in [0.25, 0.3) is 5.69 Å². The van der Waals surface area contributed by atoms with Crippen molar-refractivity contribution in [2.45, 2.75) is 13.5 Å². The lowest BCUT2D eigenvalue weighted by molar-refractivity contribution is -0.385. The predicted octanol–water partition coefficient (Wildman–Crippen LogP) is 3.56. The number of hydrogen-bond donors (Lipinski definition) is 0. The molecule has 1 heterocycles. The van der Waals surface area contributed by atoms with Crippen LogP contribution in [-0.2, 0) is 16.1 Å². The van der Waals surface area contributed by atoms with Gasteiger partial charge in [0.05, 0.1) is 16.6 Å². The maximum Gasteiger partial charge on any atom is 0.302 e. The number of carbonyl (C=O) groups is 1. The van der Waals surface area contributed by atoms with E-state index in [2.05, 4.69) is 0 Å². The van der Waals surface area contributed by atoms with E-state index in [0.717, 1.165) is 10.8 Å². The molecule has 0 unspecified atom stereocenters. The number of para-hydroxylation sites is 1. The normalized spacial score (nSPS) is 10.9. The van der Waals surface area contributed by atoms with Gasteiger partial charge in [-0.1, -0.05) is 18.2 Å². The molecule has 0 saturated heterocycles. The topological polar surface area (TPSA) is 82.6 Å². The van der Waals surface area contributed by atoms with Gasteiger partial charge in [-0.3, -0.25) is 14.9 Å². The van der Waals surface area contributed by atoms with Gasteiger partial charge in [-0.05, 0) is 12.1 Å². The second-order valence-electron chi connectivity index (χ2n) is 4.61. The first-order valence-corrected chi connectivity index (χ1v) is 6.28. The lowest BCUT2D eigenvalue weighted by Gasteiger charge is -2.03. The van der Waals surface area contributed by atoms with Crippen molar-refractivity contribution in [3.63, 3.8) is 0 Å². The largest absolute Gasteiger partial charge is 0.461 e. The van der Waals surface area contributed by atoms with E-state index in [9.17, 15) is 14.9 Å². The molecule has 3 aromatic rings. The highest BCUT2D eigenvalue weighted by molar-refractivity contribution is 6.05. The molecule has 106 valence electrons. The first-order chi connectivity index (χ1) is 10.1. The van der Waals surface area contributed by atoms with Gasteiger partial charge in [0.15, 0.2) is 0 Å². The SMILES string of the molecule is CC(=O)OCc1cc2c(cc1[N+](=O)[O-])oc1ccccc12. The first-order valence-electron chi connectivity index (χ1n) is 6.28. The highest BCUT2D eigenvalue weighted by Crippen LogP contribution is 2.33. The zero-order valence-corrected chi connectivity index (χ0v) is 11.2. The Morgan fingerprint density at radius 2 is 2.00 bits per heavy atom. The van der Waals surface area contributed by atoms with E-state index >= 15 is 0 Å². The fraction of sp³-hybridized carbons (Fsp3) is 0.133. The molecule has 0 aliphatic heterocycles. The van der Waals surface area contributed by atoms with Gasteiger partial charge in [0.2, 0.25) is 0 Å². The highest BCUT2D eigenvalue weighted by atomic mass is 16.6. The number of ether oxygens (including phenoxy) is 1. The van der Waals surface area contributed by atoms with Crippen LogP contribution in [0.4, 0.5) is 5.69 Å². The Kier molecular flexibility index (Phi) is 3.06. The molecule has 6 heteroatoms. The van der Waals surface area contributed by atoms with E-state index in [0.29, 0.717) is 16.7 Å². The summed E-state index contributed by atoms with van der Waals surface area (Å²) in [5.41, 5.74) is 1.32. The number of benzene rings is 2. The Labute approximate surface area is 119 Å². The van der Waals surface area contributed by atoms with Crippen molar-refractivity contribution in [3.05, 3.63) is 52.1 Å².